The molecule has 0 saturated heterocycles. The second kappa shape index (κ2) is 8.46. The first-order valence-corrected chi connectivity index (χ1v) is 10.7. The Balaban J connectivity index is 2.40. The highest BCUT2D eigenvalue weighted by Gasteiger charge is 2.31. The van der Waals surface area contributed by atoms with Crippen molar-refractivity contribution in [1.29, 1.82) is 0 Å². The smallest absolute Gasteiger partial charge is 0.248 e. The quantitative estimate of drug-likeness (QED) is 0.723. The normalized spacial score (nSPS) is 12.5. The summed E-state index contributed by atoms with van der Waals surface area (Å²) in [6.45, 7) is 3.48. The fourth-order valence-corrected chi connectivity index (χ4v) is 4.14. The van der Waals surface area contributed by atoms with Crippen LogP contribution in [0.2, 0.25) is 10.0 Å². The van der Waals surface area contributed by atoms with Gasteiger partial charge in [0.25, 0.3) is 0 Å². The van der Waals surface area contributed by atoms with Gasteiger partial charge < -0.3 is 5.32 Å². The Kier molecular flexibility index (Phi) is 6.72. The Labute approximate surface area is 168 Å². The Morgan fingerprint density at radius 2 is 1.85 bits per heavy atom. The van der Waals surface area contributed by atoms with Crippen molar-refractivity contribution in [3.8, 4) is 0 Å². The maximum absolute atomic E-state index is 13.3. The van der Waals surface area contributed by atoms with Crippen LogP contribution in [-0.4, -0.2) is 26.6 Å². The summed E-state index contributed by atoms with van der Waals surface area (Å²) in [5.41, 5.74) is 1.33. The van der Waals surface area contributed by atoms with E-state index in [0.717, 1.165) is 22.2 Å². The Bertz CT molecular complexity index is 967. The van der Waals surface area contributed by atoms with Crippen molar-refractivity contribution in [3.63, 3.8) is 0 Å². The number of carbonyl (C=O) groups excluding carboxylic acids is 1. The first kappa shape index (κ1) is 21.5. The minimum atomic E-state index is -3.78. The molecule has 0 aliphatic rings. The summed E-state index contributed by atoms with van der Waals surface area (Å²) >= 11 is 11.9. The number of amides is 1. The number of anilines is 2. The van der Waals surface area contributed by atoms with Crippen LogP contribution in [0.15, 0.2) is 36.4 Å². The highest BCUT2D eigenvalue weighted by molar-refractivity contribution is 7.92. The van der Waals surface area contributed by atoms with Crippen LogP contribution in [0.25, 0.3) is 0 Å². The molecule has 1 atom stereocenters. The molecule has 0 heterocycles. The summed E-state index contributed by atoms with van der Waals surface area (Å²) in [4.78, 5) is 12.8. The van der Waals surface area contributed by atoms with Gasteiger partial charge in [-0.3, -0.25) is 9.10 Å². The molecule has 0 saturated carbocycles. The lowest BCUT2D eigenvalue weighted by Gasteiger charge is -2.30. The van der Waals surface area contributed by atoms with Crippen molar-refractivity contribution >= 4 is 50.5 Å². The van der Waals surface area contributed by atoms with E-state index < -0.39 is 27.8 Å². The monoisotopic (exact) mass is 432 g/mol. The molecular formula is C18H19Cl2FN2O3S. The van der Waals surface area contributed by atoms with Gasteiger partial charge in [-0.15, -0.1) is 0 Å². The number of hydrogen-bond acceptors (Lipinski definition) is 3. The average molecular weight is 433 g/mol. The second-order valence-corrected chi connectivity index (χ2v) is 8.71. The third kappa shape index (κ3) is 5.12. The molecule has 0 aliphatic carbocycles. The second-order valence-electron chi connectivity index (χ2n) is 6.03. The summed E-state index contributed by atoms with van der Waals surface area (Å²) in [7, 11) is -3.78. The maximum Gasteiger partial charge on any atom is 0.248 e. The minimum absolute atomic E-state index is 0.147. The van der Waals surface area contributed by atoms with Crippen LogP contribution < -0.4 is 9.62 Å². The third-order valence-corrected chi connectivity index (χ3v) is 5.80. The van der Waals surface area contributed by atoms with E-state index in [4.69, 9.17) is 23.2 Å². The van der Waals surface area contributed by atoms with Gasteiger partial charge in [0.2, 0.25) is 15.9 Å². The van der Waals surface area contributed by atoms with Gasteiger partial charge in [0.15, 0.2) is 0 Å². The van der Waals surface area contributed by atoms with E-state index in [9.17, 15) is 17.6 Å². The van der Waals surface area contributed by atoms with Crippen LogP contribution in [0.3, 0.4) is 0 Å². The largest absolute Gasteiger partial charge is 0.324 e. The van der Waals surface area contributed by atoms with Gasteiger partial charge in [-0.05, 0) is 49.2 Å². The van der Waals surface area contributed by atoms with E-state index in [2.05, 4.69) is 5.32 Å². The SMILES string of the molecule is CC[C@@H](C(=O)Nc1ccc(F)c(Cl)c1)N(c1ccc(C)c(Cl)c1)S(C)(=O)=O. The average Bonchev–Trinajstić information content (AvgIpc) is 2.57. The third-order valence-electron chi connectivity index (χ3n) is 3.93. The van der Waals surface area contributed by atoms with E-state index >= 15 is 0 Å². The van der Waals surface area contributed by atoms with Crippen molar-refractivity contribution in [2.24, 2.45) is 0 Å². The number of carbonyl (C=O) groups is 1. The lowest BCUT2D eigenvalue weighted by molar-refractivity contribution is -0.117. The molecule has 27 heavy (non-hydrogen) atoms. The highest BCUT2D eigenvalue weighted by Crippen LogP contribution is 2.28. The van der Waals surface area contributed by atoms with E-state index in [0.29, 0.717) is 5.02 Å². The van der Waals surface area contributed by atoms with Gasteiger partial charge >= 0.3 is 0 Å². The summed E-state index contributed by atoms with van der Waals surface area (Å²) in [5.74, 6) is -1.18. The van der Waals surface area contributed by atoms with E-state index in [1.165, 1.54) is 18.2 Å². The number of nitrogens with one attached hydrogen (secondary N) is 1. The number of halogens is 3. The zero-order chi connectivity index (χ0) is 20.4. The number of nitrogens with zero attached hydrogens (tertiary/aromatic N) is 1. The molecule has 0 aliphatic heterocycles. The summed E-state index contributed by atoms with van der Waals surface area (Å²) < 4.78 is 39.2. The molecule has 0 radical (unpaired) electrons. The minimum Gasteiger partial charge on any atom is -0.324 e. The van der Waals surface area contributed by atoms with Crippen LogP contribution in [-0.2, 0) is 14.8 Å². The predicted octanol–water partition coefficient (Wildman–Crippen LogP) is 4.62. The van der Waals surface area contributed by atoms with E-state index in [1.807, 2.05) is 0 Å². The molecule has 0 fully saturated rings. The first-order chi connectivity index (χ1) is 12.5. The number of hydrogen-bond donors (Lipinski definition) is 1. The van der Waals surface area contributed by atoms with Crippen molar-refractivity contribution in [2.75, 3.05) is 15.9 Å². The predicted molar refractivity (Wildman–Crippen MR) is 108 cm³/mol. The molecule has 0 aromatic heterocycles. The standard InChI is InChI=1S/C18H19Cl2FN2O3S/c1-4-17(18(24)22-12-6-8-16(21)15(20)9-12)23(27(3,25)26)13-7-5-11(2)14(19)10-13/h5-10,17H,4H2,1-3H3,(H,22,24)/t17-/m0/s1. The van der Waals surface area contributed by atoms with E-state index in [-0.39, 0.29) is 22.8 Å². The molecule has 2 rings (SSSR count). The van der Waals surface area contributed by atoms with Gasteiger partial charge in [0.1, 0.15) is 11.9 Å². The van der Waals surface area contributed by atoms with Crippen molar-refractivity contribution < 1.29 is 17.6 Å². The molecular weight excluding hydrogens is 414 g/mol. The molecule has 1 amide bonds. The summed E-state index contributed by atoms with van der Waals surface area (Å²) in [6, 6.07) is 7.47. The Morgan fingerprint density at radius 1 is 1.19 bits per heavy atom. The van der Waals surface area contributed by atoms with Gasteiger partial charge in [-0.25, -0.2) is 12.8 Å². The fraction of sp³-hybridized carbons (Fsp3) is 0.278. The fourth-order valence-electron chi connectivity index (χ4n) is 2.58. The molecule has 1 N–H and O–H groups in total. The number of aryl methyl sites for hydroxylation is 1. The first-order valence-electron chi connectivity index (χ1n) is 8.06. The van der Waals surface area contributed by atoms with Gasteiger partial charge in [0, 0.05) is 10.7 Å². The number of rotatable bonds is 6. The van der Waals surface area contributed by atoms with Gasteiger partial charge in [-0.2, -0.15) is 0 Å². The summed E-state index contributed by atoms with van der Waals surface area (Å²) in [6.07, 6.45) is 1.23. The molecule has 5 nitrogen and oxygen atoms in total. The molecule has 0 spiro atoms. The van der Waals surface area contributed by atoms with Crippen molar-refractivity contribution in [2.45, 2.75) is 26.3 Å². The highest BCUT2D eigenvalue weighted by atomic mass is 35.5. The molecule has 0 unspecified atom stereocenters. The number of sulfonamides is 1. The Morgan fingerprint density at radius 3 is 2.37 bits per heavy atom. The molecule has 146 valence electrons. The molecule has 2 aromatic rings. The van der Waals surface area contributed by atoms with Crippen LogP contribution >= 0.6 is 23.2 Å². The van der Waals surface area contributed by atoms with Crippen LogP contribution in [0.4, 0.5) is 15.8 Å². The Hall–Kier alpha value is -1.83. The van der Waals surface area contributed by atoms with Crippen LogP contribution in [0.1, 0.15) is 18.9 Å². The lowest BCUT2D eigenvalue weighted by atomic mass is 10.1. The van der Waals surface area contributed by atoms with Gasteiger partial charge in [-0.1, -0.05) is 36.2 Å². The van der Waals surface area contributed by atoms with Crippen LogP contribution in [0, 0.1) is 12.7 Å². The van der Waals surface area contributed by atoms with E-state index in [1.54, 1.807) is 26.0 Å². The van der Waals surface area contributed by atoms with Crippen molar-refractivity contribution in [1.82, 2.24) is 0 Å². The molecule has 0 bridgehead atoms. The topological polar surface area (TPSA) is 66.5 Å². The van der Waals surface area contributed by atoms with Crippen molar-refractivity contribution in [3.05, 3.63) is 57.8 Å². The molecule has 2 aromatic carbocycles. The van der Waals surface area contributed by atoms with Gasteiger partial charge in [0.05, 0.1) is 17.0 Å². The zero-order valence-electron chi connectivity index (χ0n) is 15.0. The summed E-state index contributed by atoms with van der Waals surface area (Å²) in [5, 5.41) is 2.82. The lowest BCUT2D eigenvalue weighted by Crippen LogP contribution is -2.47. The molecule has 9 heteroatoms. The number of benzene rings is 2. The van der Waals surface area contributed by atoms with Crippen LogP contribution in [0.5, 0.6) is 0 Å². The zero-order valence-corrected chi connectivity index (χ0v) is 17.3. The maximum atomic E-state index is 13.3.